The third kappa shape index (κ3) is 6.68. The van der Waals surface area contributed by atoms with Gasteiger partial charge in [-0.05, 0) is 97.1 Å². The number of benzene rings is 4. The summed E-state index contributed by atoms with van der Waals surface area (Å²) in [6, 6.07) is 26.9. The predicted octanol–water partition coefficient (Wildman–Crippen LogP) is 6.14. The zero-order valence-corrected chi connectivity index (χ0v) is 16.7. The normalized spacial score (nSPS) is 10.0. The second-order valence-corrected chi connectivity index (χ2v) is 7.33. The Morgan fingerprint density at radius 2 is 0.667 bits per heavy atom. The van der Waals surface area contributed by atoms with Gasteiger partial charge in [-0.25, -0.2) is 0 Å². The summed E-state index contributed by atoms with van der Waals surface area (Å²) in [5.41, 5.74) is 0. The summed E-state index contributed by atoms with van der Waals surface area (Å²) >= 11 is 1.58. The molecule has 0 saturated heterocycles. The van der Waals surface area contributed by atoms with Gasteiger partial charge in [-0.2, -0.15) is 0 Å². The molecule has 0 aliphatic rings. The number of hydrogen-bond acceptors (Lipinski definition) is 6. The first-order valence-electron chi connectivity index (χ1n) is 9.00. The van der Waals surface area contributed by atoms with Crippen LogP contribution in [0.25, 0.3) is 0 Å². The summed E-state index contributed by atoms with van der Waals surface area (Å²) < 4.78 is 5.47. The van der Waals surface area contributed by atoms with Gasteiger partial charge in [0.05, 0.1) is 0 Å². The van der Waals surface area contributed by atoms with Crippen LogP contribution in [0.4, 0.5) is 0 Å². The smallest absolute Gasteiger partial charge is 0.127 e. The minimum atomic E-state index is 0.202. The van der Waals surface area contributed by atoms with Crippen molar-refractivity contribution in [3.05, 3.63) is 97.1 Å². The number of rotatable bonds is 4. The minimum absolute atomic E-state index is 0.202. The highest BCUT2D eigenvalue weighted by molar-refractivity contribution is 7.99. The molecule has 0 bridgehead atoms. The lowest BCUT2D eigenvalue weighted by atomic mass is 10.3. The van der Waals surface area contributed by atoms with E-state index >= 15 is 0 Å². The van der Waals surface area contributed by atoms with E-state index in [1.165, 1.54) is 0 Å². The summed E-state index contributed by atoms with van der Waals surface area (Å²) in [5.74, 6) is 2.22. The Kier molecular flexibility index (Phi) is 7.08. The van der Waals surface area contributed by atoms with Crippen LogP contribution in [-0.2, 0) is 0 Å². The third-order valence-electron chi connectivity index (χ3n) is 3.82. The van der Waals surface area contributed by atoms with Gasteiger partial charge in [0.2, 0.25) is 0 Å². The molecule has 0 spiro atoms. The molecule has 0 unspecified atom stereocenters. The van der Waals surface area contributed by atoms with Crippen LogP contribution >= 0.6 is 11.8 Å². The Hall–Kier alpha value is -3.77. The maximum atomic E-state index is 9.12. The Morgan fingerprint density at radius 3 is 0.967 bits per heavy atom. The summed E-state index contributed by atoms with van der Waals surface area (Å²) in [6.07, 6.45) is 0. The van der Waals surface area contributed by atoms with Crippen LogP contribution in [0.1, 0.15) is 0 Å². The average molecular weight is 420 g/mol. The molecule has 4 aromatic carbocycles. The predicted molar refractivity (Wildman–Crippen MR) is 117 cm³/mol. The van der Waals surface area contributed by atoms with Crippen molar-refractivity contribution in [1.29, 1.82) is 0 Å². The van der Waals surface area contributed by atoms with Crippen LogP contribution in [0.3, 0.4) is 0 Å². The Labute approximate surface area is 178 Å². The van der Waals surface area contributed by atoms with Gasteiger partial charge in [0.1, 0.15) is 34.5 Å². The first-order valence-corrected chi connectivity index (χ1v) is 9.81. The van der Waals surface area contributed by atoms with E-state index in [0.29, 0.717) is 11.5 Å². The molecule has 0 radical (unpaired) electrons. The number of phenols is 4. The topological polar surface area (TPSA) is 90.2 Å². The number of aromatic hydroxyl groups is 4. The van der Waals surface area contributed by atoms with Gasteiger partial charge in [0.15, 0.2) is 0 Å². The van der Waals surface area contributed by atoms with Crippen molar-refractivity contribution in [2.75, 3.05) is 0 Å². The molecule has 152 valence electrons. The van der Waals surface area contributed by atoms with Gasteiger partial charge in [0, 0.05) is 9.79 Å². The number of hydrogen-bond donors (Lipinski definition) is 4. The lowest BCUT2D eigenvalue weighted by molar-refractivity contribution is 0.459. The molecule has 4 N–H and O–H groups in total. The largest absolute Gasteiger partial charge is 0.508 e. The van der Waals surface area contributed by atoms with Gasteiger partial charge in [-0.1, -0.05) is 11.8 Å². The molecule has 0 saturated carbocycles. The quantitative estimate of drug-likeness (QED) is 0.317. The Balaban J connectivity index is 0.000000171. The van der Waals surface area contributed by atoms with Crippen molar-refractivity contribution in [2.45, 2.75) is 9.79 Å². The summed E-state index contributed by atoms with van der Waals surface area (Å²) in [5, 5.41) is 36.4. The molecule has 0 amide bonds. The molecular weight excluding hydrogens is 400 g/mol. The van der Waals surface area contributed by atoms with Crippen LogP contribution in [0.15, 0.2) is 107 Å². The van der Waals surface area contributed by atoms with Gasteiger partial charge < -0.3 is 25.2 Å². The van der Waals surface area contributed by atoms with E-state index in [1.807, 2.05) is 24.3 Å². The average Bonchev–Trinajstić information content (AvgIpc) is 2.75. The second kappa shape index (κ2) is 10.1. The lowest BCUT2D eigenvalue weighted by Gasteiger charge is -2.05. The van der Waals surface area contributed by atoms with Crippen molar-refractivity contribution in [3.63, 3.8) is 0 Å². The standard InChI is InChI=1S/C12H10O3.C12H10O2S/c2*13-9-1-5-11(6-2-9)15-12-7-3-10(14)4-8-12/h2*1-8,13-14H. The van der Waals surface area contributed by atoms with Gasteiger partial charge in [-0.3, -0.25) is 0 Å². The van der Waals surface area contributed by atoms with E-state index in [9.17, 15) is 0 Å². The van der Waals surface area contributed by atoms with Crippen molar-refractivity contribution >= 4 is 11.8 Å². The minimum Gasteiger partial charge on any atom is -0.508 e. The van der Waals surface area contributed by atoms with E-state index in [-0.39, 0.29) is 23.0 Å². The molecule has 0 heterocycles. The van der Waals surface area contributed by atoms with E-state index in [1.54, 1.807) is 84.6 Å². The molecule has 0 fully saturated rings. The fourth-order valence-electron chi connectivity index (χ4n) is 2.33. The van der Waals surface area contributed by atoms with Crippen LogP contribution < -0.4 is 4.74 Å². The molecule has 0 aliphatic carbocycles. The fraction of sp³-hybridized carbons (Fsp3) is 0. The summed E-state index contributed by atoms with van der Waals surface area (Å²) in [6.45, 7) is 0. The van der Waals surface area contributed by atoms with Crippen LogP contribution in [0, 0.1) is 0 Å². The third-order valence-corrected chi connectivity index (χ3v) is 4.83. The highest BCUT2D eigenvalue weighted by Gasteiger charge is 1.98. The summed E-state index contributed by atoms with van der Waals surface area (Å²) in [4.78, 5) is 2.11. The van der Waals surface area contributed by atoms with Gasteiger partial charge in [-0.15, -0.1) is 0 Å². The number of ether oxygens (including phenoxy) is 1. The Bertz CT molecular complexity index is 869. The van der Waals surface area contributed by atoms with E-state index in [2.05, 4.69) is 0 Å². The highest BCUT2D eigenvalue weighted by atomic mass is 32.2. The van der Waals surface area contributed by atoms with E-state index in [0.717, 1.165) is 9.79 Å². The van der Waals surface area contributed by atoms with Crippen LogP contribution in [0.2, 0.25) is 0 Å². The van der Waals surface area contributed by atoms with Gasteiger partial charge >= 0.3 is 0 Å². The lowest BCUT2D eigenvalue weighted by Crippen LogP contribution is -1.82. The first kappa shape index (κ1) is 21.0. The maximum Gasteiger partial charge on any atom is 0.127 e. The van der Waals surface area contributed by atoms with Crippen LogP contribution in [-0.4, -0.2) is 20.4 Å². The van der Waals surface area contributed by atoms with E-state index < -0.39 is 0 Å². The fourth-order valence-corrected chi connectivity index (χ4v) is 3.15. The maximum absolute atomic E-state index is 9.12. The molecule has 0 aromatic heterocycles. The molecular formula is C24H20O5S. The van der Waals surface area contributed by atoms with Crippen molar-refractivity contribution < 1.29 is 25.2 Å². The Morgan fingerprint density at radius 1 is 0.400 bits per heavy atom. The molecule has 5 nitrogen and oxygen atoms in total. The molecule has 6 heteroatoms. The summed E-state index contributed by atoms with van der Waals surface area (Å²) in [7, 11) is 0. The van der Waals surface area contributed by atoms with Gasteiger partial charge in [0.25, 0.3) is 0 Å². The van der Waals surface area contributed by atoms with Crippen LogP contribution in [0.5, 0.6) is 34.5 Å². The van der Waals surface area contributed by atoms with Crippen molar-refractivity contribution in [3.8, 4) is 34.5 Å². The zero-order valence-electron chi connectivity index (χ0n) is 15.8. The van der Waals surface area contributed by atoms with E-state index in [4.69, 9.17) is 25.2 Å². The molecule has 4 aromatic rings. The van der Waals surface area contributed by atoms with Crippen molar-refractivity contribution in [1.82, 2.24) is 0 Å². The molecule has 0 aliphatic heterocycles. The van der Waals surface area contributed by atoms with Crippen molar-refractivity contribution in [2.24, 2.45) is 0 Å². The molecule has 30 heavy (non-hydrogen) atoms. The second-order valence-electron chi connectivity index (χ2n) is 6.18. The highest BCUT2D eigenvalue weighted by Crippen LogP contribution is 2.29. The first-order chi connectivity index (χ1) is 14.5. The monoisotopic (exact) mass is 420 g/mol. The molecule has 4 rings (SSSR count). The number of phenolic OH excluding ortho intramolecular Hbond substituents is 4. The molecule has 0 atom stereocenters. The zero-order chi connectivity index (χ0) is 21.3. The SMILES string of the molecule is Oc1ccc(Oc2ccc(O)cc2)cc1.Oc1ccc(Sc2ccc(O)cc2)cc1.